The number of carbonyl (C=O) groups is 2. The van der Waals surface area contributed by atoms with Gasteiger partial charge in [0.25, 0.3) is 5.91 Å². The zero-order valence-corrected chi connectivity index (χ0v) is 12.4. The zero-order chi connectivity index (χ0) is 15.9. The third-order valence-electron chi connectivity index (χ3n) is 4.01. The number of esters is 1. The molecule has 0 spiro atoms. The van der Waals surface area contributed by atoms with Gasteiger partial charge in [-0.25, -0.2) is 4.79 Å². The number of ether oxygens (including phenoxy) is 1. The summed E-state index contributed by atoms with van der Waals surface area (Å²) < 4.78 is 4.78. The number of hydrogen-bond acceptors (Lipinski definition) is 4. The van der Waals surface area contributed by atoms with Gasteiger partial charge in [0.15, 0.2) is 0 Å². The summed E-state index contributed by atoms with van der Waals surface area (Å²) in [7, 11) is 1.34. The summed E-state index contributed by atoms with van der Waals surface area (Å²) in [5, 5.41) is 0. The van der Waals surface area contributed by atoms with Gasteiger partial charge in [-0.15, -0.1) is 0 Å². The Morgan fingerprint density at radius 1 is 1.23 bits per heavy atom. The van der Waals surface area contributed by atoms with Crippen LogP contribution in [0.5, 0.6) is 0 Å². The van der Waals surface area contributed by atoms with Gasteiger partial charge in [0, 0.05) is 22.5 Å². The van der Waals surface area contributed by atoms with Crippen molar-refractivity contribution in [1.29, 1.82) is 0 Å². The summed E-state index contributed by atoms with van der Waals surface area (Å²) in [6.45, 7) is 2.22. The third-order valence-corrected chi connectivity index (χ3v) is 4.01. The number of methoxy groups -OCH3 is 1. The molecule has 0 saturated carbocycles. The molecule has 0 aliphatic carbocycles. The van der Waals surface area contributed by atoms with Gasteiger partial charge in [-0.1, -0.05) is 12.1 Å². The van der Waals surface area contributed by atoms with Crippen molar-refractivity contribution in [2.24, 2.45) is 0 Å². The van der Waals surface area contributed by atoms with Crippen molar-refractivity contribution in [1.82, 2.24) is 0 Å². The Morgan fingerprint density at radius 2 is 1.95 bits per heavy atom. The van der Waals surface area contributed by atoms with E-state index < -0.39 is 5.97 Å². The van der Waals surface area contributed by atoms with Crippen molar-refractivity contribution < 1.29 is 14.3 Å². The van der Waals surface area contributed by atoms with Gasteiger partial charge < -0.3 is 15.4 Å². The molecular weight excluding hydrogens is 280 g/mol. The number of carbonyl (C=O) groups excluding carboxylic acids is 2. The van der Waals surface area contributed by atoms with Gasteiger partial charge in [0.05, 0.1) is 19.2 Å². The molecule has 1 aliphatic heterocycles. The molecule has 1 amide bonds. The highest BCUT2D eigenvalue weighted by Crippen LogP contribution is 2.34. The van der Waals surface area contributed by atoms with Crippen LogP contribution in [0.25, 0.3) is 0 Å². The van der Waals surface area contributed by atoms with Crippen molar-refractivity contribution in [3.8, 4) is 0 Å². The number of fused-ring (bicyclic) bond motifs is 1. The summed E-state index contributed by atoms with van der Waals surface area (Å²) in [5.74, 6) is -0.518. The minimum Gasteiger partial charge on any atom is -0.465 e. The molecule has 112 valence electrons. The van der Waals surface area contributed by atoms with Crippen LogP contribution >= 0.6 is 0 Å². The molecule has 0 saturated heterocycles. The fraction of sp³-hybridized carbons (Fsp3) is 0.176. The van der Waals surface area contributed by atoms with Crippen LogP contribution < -0.4 is 10.6 Å². The van der Waals surface area contributed by atoms with Gasteiger partial charge in [-0.3, -0.25) is 4.79 Å². The van der Waals surface area contributed by atoms with E-state index in [1.165, 1.54) is 7.11 Å². The fourth-order valence-corrected chi connectivity index (χ4v) is 2.80. The molecule has 5 heteroatoms. The number of benzene rings is 2. The predicted octanol–water partition coefficient (Wildman–Crippen LogP) is 2.52. The van der Waals surface area contributed by atoms with Crippen LogP contribution in [-0.4, -0.2) is 19.0 Å². The Kier molecular flexibility index (Phi) is 3.33. The number of anilines is 2. The molecular formula is C17H16N2O3. The van der Waals surface area contributed by atoms with Crippen molar-refractivity contribution >= 4 is 23.3 Å². The van der Waals surface area contributed by atoms with Crippen LogP contribution in [0.4, 0.5) is 11.4 Å². The molecule has 2 aromatic rings. The lowest BCUT2D eigenvalue weighted by Gasteiger charge is -2.19. The molecule has 0 unspecified atom stereocenters. The molecule has 0 bridgehead atoms. The van der Waals surface area contributed by atoms with Gasteiger partial charge in [0.1, 0.15) is 0 Å². The van der Waals surface area contributed by atoms with Crippen LogP contribution in [0.1, 0.15) is 31.8 Å². The maximum absolute atomic E-state index is 12.6. The molecule has 0 fully saturated rings. The monoisotopic (exact) mass is 296 g/mol. The van der Waals surface area contributed by atoms with E-state index in [1.54, 1.807) is 42.2 Å². The lowest BCUT2D eigenvalue weighted by Crippen LogP contribution is -2.24. The smallest absolute Gasteiger partial charge is 0.338 e. The van der Waals surface area contributed by atoms with Gasteiger partial charge in [-0.2, -0.15) is 0 Å². The molecule has 0 aromatic heterocycles. The minimum absolute atomic E-state index is 0.104. The Labute approximate surface area is 128 Å². The molecule has 2 N–H and O–H groups in total. The van der Waals surface area contributed by atoms with E-state index in [1.807, 2.05) is 6.07 Å². The Bertz CT molecular complexity index is 783. The highest BCUT2D eigenvalue weighted by molar-refractivity contribution is 6.11. The number of nitrogens with two attached hydrogens (primary N) is 1. The van der Waals surface area contributed by atoms with E-state index in [4.69, 9.17) is 10.5 Å². The van der Waals surface area contributed by atoms with Crippen molar-refractivity contribution in [3.05, 3.63) is 58.7 Å². The largest absolute Gasteiger partial charge is 0.465 e. The first-order chi connectivity index (χ1) is 10.5. The van der Waals surface area contributed by atoms with Crippen LogP contribution in [0.3, 0.4) is 0 Å². The van der Waals surface area contributed by atoms with E-state index in [9.17, 15) is 9.59 Å². The van der Waals surface area contributed by atoms with E-state index in [0.29, 0.717) is 34.6 Å². The molecule has 5 nitrogen and oxygen atoms in total. The maximum atomic E-state index is 12.6. The summed E-state index contributed by atoms with van der Waals surface area (Å²) >= 11 is 0. The second kappa shape index (κ2) is 5.18. The molecule has 0 radical (unpaired) electrons. The summed E-state index contributed by atoms with van der Waals surface area (Å²) in [6, 6.07) is 10.6. The first-order valence-electron chi connectivity index (χ1n) is 6.91. The van der Waals surface area contributed by atoms with Crippen molar-refractivity contribution in [3.63, 3.8) is 0 Å². The number of amides is 1. The van der Waals surface area contributed by atoms with E-state index in [-0.39, 0.29) is 5.91 Å². The second-order valence-electron chi connectivity index (χ2n) is 5.21. The first kappa shape index (κ1) is 14.1. The van der Waals surface area contributed by atoms with E-state index in [2.05, 4.69) is 0 Å². The summed E-state index contributed by atoms with van der Waals surface area (Å²) in [6.07, 6.45) is 0. The highest BCUT2D eigenvalue weighted by atomic mass is 16.5. The fourth-order valence-electron chi connectivity index (χ4n) is 2.80. The third kappa shape index (κ3) is 2.02. The molecule has 22 heavy (non-hydrogen) atoms. The average molecular weight is 296 g/mol. The number of rotatable bonds is 2. The van der Waals surface area contributed by atoms with Crippen LogP contribution in [0.15, 0.2) is 36.4 Å². The quantitative estimate of drug-likeness (QED) is 0.682. The Balaban J connectivity index is 2.06. The first-order valence-corrected chi connectivity index (χ1v) is 6.91. The molecule has 2 aromatic carbocycles. The summed E-state index contributed by atoms with van der Waals surface area (Å²) in [4.78, 5) is 26.1. The van der Waals surface area contributed by atoms with Gasteiger partial charge in [-0.05, 0) is 36.8 Å². The zero-order valence-electron chi connectivity index (χ0n) is 12.4. The van der Waals surface area contributed by atoms with Gasteiger partial charge in [0.2, 0.25) is 0 Å². The Morgan fingerprint density at radius 3 is 2.64 bits per heavy atom. The van der Waals surface area contributed by atoms with Crippen LogP contribution in [0, 0.1) is 6.92 Å². The van der Waals surface area contributed by atoms with Crippen molar-refractivity contribution in [2.75, 3.05) is 17.7 Å². The maximum Gasteiger partial charge on any atom is 0.338 e. The molecule has 1 aliphatic rings. The Hall–Kier alpha value is -2.82. The van der Waals surface area contributed by atoms with Gasteiger partial charge >= 0.3 is 5.97 Å². The topological polar surface area (TPSA) is 72.6 Å². The van der Waals surface area contributed by atoms with Crippen LogP contribution in [-0.2, 0) is 11.3 Å². The highest BCUT2D eigenvalue weighted by Gasteiger charge is 2.31. The number of nitrogen functional groups attached to an aromatic ring is 1. The van der Waals surface area contributed by atoms with E-state index >= 15 is 0 Å². The molecule has 0 atom stereocenters. The number of hydrogen-bond donors (Lipinski definition) is 1. The average Bonchev–Trinajstić information content (AvgIpc) is 2.86. The second-order valence-corrected chi connectivity index (χ2v) is 5.21. The lowest BCUT2D eigenvalue weighted by atomic mass is 10.1. The number of nitrogens with zero attached hydrogens (tertiary/aromatic N) is 1. The minimum atomic E-state index is -0.414. The molecule has 3 rings (SSSR count). The SMILES string of the molecule is COC(=O)c1cccc(N2Cc3c(N)cccc3C2=O)c1C. The lowest BCUT2D eigenvalue weighted by molar-refractivity contribution is 0.0599. The normalized spacial score (nSPS) is 13.2. The standard InChI is InChI=1S/C17H16N2O3/c1-10-11(17(21)22-2)5-4-8-15(10)19-9-13-12(16(19)20)6-3-7-14(13)18/h3-8H,9,18H2,1-2H3. The summed E-state index contributed by atoms with van der Waals surface area (Å²) in [5.41, 5.74) is 9.88. The molecule has 1 heterocycles. The van der Waals surface area contributed by atoms with Crippen LogP contribution in [0.2, 0.25) is 0 Å². The predicted molar refractivity (Wildman–Crippen MR) is 83.9 cm³/mol. The van der Waals surface area contributed by atoms with E-state index in [0.717, 1.165) is 5.56 Å². The van der Waals surface area contributed by atoms with Crippen molar-refractivity contribution in [2.45, 2.75) is 13.5 Å².